The molecule has 4 heteroatoms. The van der Waals surface area contributed by atoms with E-state index < -0.39 is 6.10 Å². The number of aliphatic hydroxyl groups is 1. The van der Waals surface area contributed by atoms with Crippen molar-refractivity contribution in [2.75, 3.05) is 12.4 Å². The maximum atomic E-state index is 11.2. The quantitative estimate of drug-likeness (QED) is 0.509. The molecule has 0 aliphatic carbocycles. The smallest absolute Gasteiger partial charge is 0.223 e. The number of aliphatic hydroxyl groups excluding tert-OH is 1. The molecule has 0 fully saturated rings. The largest absolute Gasteiger partial charge is 0.392 e. The van der Waals surface area contributed by atoms with Crippen LogP contribution < -0.4 is 5.32 Å². The van der Waals surface area contributed by atoms with Gasteiger partial charge in [-0.25, -0.2) is 0 Å². The van der Waals surface area contributed by atoms with E-state index in [0.29, 0.717) is 31.2 Å². The molecule has 2 N–H and O–H groups in total. The van der Waals surface area contributed by atoms with Crippen molar-refractivity contribution >= 4 is 17.5 Å². The predicted molar refractivity (Wildman–Crippen MR) is 67.5 cm³/mol. The molecule has 1 amide bonds. The summed E-state index contributed by atoms with van der Waals surface area (Å²) in [6.45, 7) is 8.24. The van der Waals surface area contributed by atoms with Gasteiger partial charge in [0.1, 0.15) is 0 Å². The molecule has 0 aliphatic heterocycles. The van der Waals surface area contributed by atoms with Crippen LogP contribution in [0.3, 0.4) is 0 Å². The molecule has 0 spiro atoms. The van der Waals surface area contributed by atoms with E-state index >= 15 is 0 Å². The van der Waals surface area contributed by atoms with Crippen molar-refractivity contribution in [3.05, 3.63) is 12.7 Å². The van der Waals surface area contributed by atoms with Gasteiger partial charge < -0.3 is 10.4 Å². The Morgan fingerprint density at radius 3 is 2.62 bits per heavy atom. The molecular formula is C12H22ClNO2. The Labute approximate surface area is 103 Å². The van der Waals surface area contributed by atoms with E-state index in [1.54, 1.807) is 6.08 Å². The number of hydrogen-bond donors (Lipinski definition) is 2. The van der Waals surface area contributed by atoms with Crippen LogP contribution in [0.25, 0.3) is 0 Å². The number of alkyl halides is 1. The summed E-state index contributed by atoms with van der Waals surface area (Å²) in [5, 5.41) is 12.2. The van der Waals surface area contributed by atoms with Crippen molar-refractivity contribution in [3.63, 3.8) is 0 Å². The van der Waals surface area contributed by atoms with Gasteiger partial charge in [-0.05, 0) is 18.3 Å². The van der Waals surface area contributed by atoms with E-state index in [0.717, 1.165) is 0 Å². The molecule has 16 heavy (non-hydrogen) atoms. The Morgan fingerprint density at radius 2 is 2.12 bits per heavy atom. The number of carbonyl (C=O) groups excluding carboxylic acids is 1. The normalized spacial score (nSPS) is 16.2. The molecule has 0 unspecified atom stereocenters. The summed E-state index contributed by atoms with van der Waals surface area (Å²) in [6, 6.07) is 0. The fraction of sp³-hybridized carbons (Fsp3) is 0.750. The monoisotopic (exact) mass is 247 g/mol. The van der Waals surface area contributed by atoms with Crippen molar-refractivity contribution < 1.29 is 9.90 Å². The van der Waals surface area contributed by atoms with Crippen LogP contribution in [0.1, 0.15) is 26.7 Å². The number of nitrogens with one attached hydrogen (secondary N) is 1. The minimum Gasteiger partial charge on any atom is -0.392 e. The first-order valence-corrected chi connectivity index (χ1v) is 6.16. The molecule has 3 atom stereocenters. The van der Waals surface area contributed by atoms with Gasteiger partial charge in [-0.1, -0.05) is 19.9 Å². The van der Waals surface area contributed by atoms with Crippen molar-refractivity contribution in [2.24, 2.45) is 11.8 Å². The number of rotatable bonds is 8. The van der Waals surface area contributed by atoms with E-state index in [-0.39, 0.29) is 11.8 Å². The average Bonchev–Trinajstić information content (AvgIpc) is 2.25. The van der Waals surface area contributed by atoms with Gasteiger partial charge in [0, 0.05) is 18.8 Å². The highest BCUT2D eigenvalue weighted by molar-refractivity contribution is 6.18. The summed E-state index contributed by atoms with van der Waals surface area (Å²) in [4.78, 5) is 11.2. The van der Waals surface area contributed by atoms with E-state index in [1.165, 1.54) is 0 Å². The first-order chi connectivity index (χ1) is 7.51. The van der Waals surface area contributed by atoms with E-state index in [4.69, 9.17) is 11.6 Å². The lowest BCUT2D eigenvalue weighted by atomic mass is 9.91. The Bertz CT molecular complexity index is 221. The standard InChI is InChI=1S/C12H22ClNO2/c1-4-5-12(16)14-8-10(3)9(2)6-11(15)7-13/h4,9-11,15H,1,5-8H2,2-3H3,(H,14,16)/t9-,10-,11-/m0/s1. The highest BCUT2D eigenvalue weighted by atomic mass is 35.5. The summed E-state index contributed by atoms with van der Waals surface area (Å²) in [5.41, 5.74) is 0. The summed E-state index contributed by atoms with van der Waals surface area (Å²) >= 11 is 5.54. The molecular weight excluding hydrogens is 226 g/mol. The third kappa shape index (κ3) is 6.85. The molecule has 94 valence electrons. The molecule has 0 aromatic carbocycles. The average molecular weight is 248 g/mol. The summed E-state index contributed by atoms with van der Waals surface area (Å²) in [6.07, 6.45) is 2.15. The molecule has 0 rings (SSSR count). The first-order valence-electron chi connectivity index (χ1n) is 5.62. The number of halogens is 1. The Morgan fingerprint density at radius 1 is 1.50 bits per heavy atom. The van der Waals surface area contributed by atoms with Gasteiger partial charge in [0.25, 0.3) is 0 Å². The lowest BCUT2D eigenvalue weighted by Gasteiger charge is -2.22. The fourth-order valence-corrected chi connectivity index (χ4v) is 1.53. The highest BCUT2D eigenvalue weighted by Crippen LogP contribution is 2.16. The summed E-state index contributed by atoms with van der Waals surface area (Å²) < 4.78 is 0. The fourth-order valence-electron chi connectivity index (χ4n) is 1.40. The van der Waals surface area contributed by atoms with Crippen molar-refractivity contribution in [1.82, 2.24) is 5.32 Å². The van der Waals surface area contributed by atoms with Crippen LogP contribution in [0.2, 0.25) is 0 Å². The third-order valence-electron chi connectivity index (χ3n) is 2.74. The van der Waals surface area contributed by atoms with Crippen LogP contribution in [-0.2, 0) is 4.79 Å². The lowest BCUT2D eigenvalue weighted by molar-refractivity contribution is -0.120. The molecule has 0 aliphatic rings. The minimum atomic E-state index is -0.456. The lowest BCUT2D eigenvalue weighted by Crippen LogP contribution is -2.31. The van der Waals surface area contributed by atoms with Crippen LogP contribution in [0.4, 0.5) is 0 Å². The number of amides is 1. The van der Waals surface area contributed by atoms with Gasteiger partial charge in [-0.2, -0.15) is 0 Å². The van der Waals surface area contributed by atoms with Crippen molar-refractivity contribution in [2.45, 2.75) is 32.8 Å². The maximum absolute atomic E-state index is 11.2. The molecule has 0 bridgehead atoms. The molecule has 0 saturated carbocycles. The van der Waals surface area contributed by atoms with Crippen LogP contribution in [0.5, 0.6) is 0 Å². The Hall–Kier alpha value is -0.540. The van der Waals surface area contributed by atoms with Gasteiger partial charge in [0.15, 0.2) is 0 Å². The van der Waals surface area contributed by atoms with Crippen molar-refractivity contribution in [1.29, 1.82) is 0 Å². The zero-order chi connectivity index (χ0) is 12.6. The van der Waals surface area contributed by atoms with E-state index in [1.807, 2.05) is 0 Å². The van der Waals surface area contributed by atoms with Crippen LogP contribution in [0.15, 0.2) is 12.7 Å². The highest BCUT2D eigenvalue weighted by Gasteiger charge is 2.16. The van der Waals surface area contributed by atoms with Gasteiger partial charge >= 0.3 is 0 Å². The van der Waals surface area contributed by atoms with E-state index in [9.17, 15) is 9.90 Å². The second-order valence-corrected chi connectivity index (χ2v) is 4.60. The van der Waals surface area contributed by atoms with E-state index in [2.05, 4.69) is 25.7 Å². The zero-order valence-electron chi connectivity index (χ0n) is 10.1. The Kier molecular flexibility index (Phi) is 8.30. The van der Waals surface area contributed by atoms with Gasteiger partial charge in [0.2, 0.25) is 5.91 Å². The molecule has 0 radical (unpaired) electrons. The zero-order valence-corrected chi connectivity index (χ0v) is 10.8. The predicted octanol–water partition coefficient (Wildman–Crippen LogP) is 1.94. The molecule has 0 aromatic rings. The first kappa shape index (κ1) is 15.5. The van der Waals surface area contributed by atoms with Gasteiger partial charge in [-0.3, -0.25) is 4.79 Å². The topological polar surface area (TPSA) is 49.3 Å². The molecule has 0 heterocycles. The minimum absolute atomic E-state index is 0.00746. The summed E-state index contributed by atoms with van der Waals surface area (Å²) in [5.74, 6) is 0.913. The Balaban J connectivity index is 3.82. The second-order valence-electron chi connectivity index (χ2n) is 4.30. The molecule has 3 nitrogen and oxygen atoms in total. The van der Waals surface area contributed by atoms with Crippen LogP contribution in [-0.4, -0.2) is 29.5 Å². The van der Waals surface area contributed by atoms with Crippen molar-refractivity contribution in [3.8, 4) is 0 Å². The third-order valence-corrected chi connectivity index (χ3v) is 3.10. The molecule has 0 saturated heterocycles. The van der Waals surface area contributed by atoms with Crippen LogP contribution >= 0.6 is 11.6 Å². The SMILES string of the molecule is C=CCC(=O)NC[C@H](C)[C@@H](C)C[C@H](O)CCl. The summed E-state index contributed by atoms with van der Waals surface area (Å²) in [7, 11) is 0. The number of hydrogen-bond acceptors (Lipinski definition) is 2. The van der Waals surface area contributed by atoms with Gasteiger partial charge in [-0.15, -0.1) is 18.2 Å². The maximum Gasteiger partial charge on any atom is 0.223 e. The molecule has 0 aromatic heterocycles. The van der Waals surface area contributed by atoms with Gasteiger partial charge in [0.05, 0.1) is 6.10 Å². The van der Waals surface area contributed by atoms with Crippen LogP contribution in [0, 0.1) is 11.8 Å². The second kappa shape index (κ2) is 8.59. The number of carbonyl (C=O) groups is 1.